The molecule has 1 aromatic carbocycles. The van der Waals surface area contributed by atoms with Crippen LogP contribution in [0.2, 0.25) is 0 Å². The topological polar surface area (TPSA) is 26.0 Å². The Labute approximate surface area is 91.5 Å². The summed E-state index contributed by atoms with van der Waals surface area (Å²) in [5, 5.41) is 0. The molecule has 0 saturated carbocycles. The summed E-state index contributed by atoms with van der Waals surface area (Å²) in [6, 6.07) is 4.88. The minimum atomic E-state index is -0.222. The van der Waals surface area contributed by atoms with Crippen LogP contribution in [-0.2, 0) is 0 Å². The van der Waals surface area contributed by atoms with Gasteiger partial charge in [0.05, 0.1) is 0 Å². The highest BCUT2D eigenvalue weighted by Gasteiger charge is 2.10. The van der Waals surface area contributed by atoms with Gasteiger partial charge in [0.1, 0.15) is 5.82 Å². The van der Waals surface area contributed by atoms with Crippen molar-refractivity contribution in [2.45, 2.75) is 45.4 Å². The molecule has 2 heteroatoms. The number of nitrogen functional groups attached to an aromatic ring is 1. The van der Waals surface area contributed by atoms with Crippen molar-refractivity contribution in [2.75, 3.05) is 5.73 Å². The molecule has 2 N–H and O–H groups in total. The molecule has 1 unspecified atom stereocenters. The van der Waals surface area contributed by atoms with Gasteiger partial charge in [0.15, 0.2) is 0 Å². The number of anilines is 1. The van der Waals surface area contributed by atoms with Gasteiger partial charge in [-0.15, -0.1) is 0 Å². The molecule has 1 nitrogen and oxygen atoms in total. The van der Waals surface area contributed by atoms with E-state index in [1.807, 2.05) is 6.07 Å². The summed E-state index contributed by atoms with van der Waals surface area (Å²) in [7, 11) is 0. The maximum atomic E-state index is 13.2. The molecule has 0 fully saturated rings. The summed E-state index contributed by atoms with van der Waals surface area (Å²) in [6.45, 7) is 4.31. The monoisotopic (exact) mass is 209 g/mol. The van der Waals surface area contributed by atoms with Gasteiger partial charge in [-0.3, -0.25) is 0 Å². The molecule has 0 aliphatic heterocycles. The van der Waals surface area contributed by atoms with Gasteiger partial charge in [0, 0.05) is 5.69 Å². The van der Waals surface area contributed by atoms with Crippen molar-refractivity contribution in [3.05, 3.63) is 29.6 Å². The lowest BCUT2D eigenvalue weighted by Crippen LogP contribution is -2.00. The number of halogens is 1. The molecule has 0 radical (unpaired) electrons. The highest BCUT2D eigenvalue weighted by molar-refractivity contribution is 5.42. The van der Waals surface area contributed by atoms with Gasteiger partial charge < -0.3 is 5.73 Å². The number of nitrogens with two attached hydrogens (primary N) is 1. The average Bonchev–Trinajstić information content (AvgIpc) is 2.17. The second kappa shape index (κ2) is 5.74. The molecule has 0 heterocycles. The molecule has 0 aliphatic rings. The van der Waals surface area contributed by atoms with Crippen molar-refractivity contribution >= 4 is 5.69 Å². The lowest BCUT2D eigenvalue weighted by Gasteiger charge is -2.15. The van der Waals surface area contributed by atoms with Crippen LogP contribution in [0.15, 0.2) is 18.2 Å². The van der Waals surface area contributed by atoms with Crippen LogP contribution in [0.3, 0.4) is 0 Å². The van der Waals surface area contributed by atoms with E-state index >= 15 is 0 Å². The van der Waals surface area contributed by atoms with Crippen molar-refractivity contribution in [1.82, 2.24) is 0 Å². The third-order valence-corrected chi connectivity index (χ3v) is 2.81. The number of rotatable bonds is 5. The van der Waals surface area contributed by atoms with E-state index in [-0.39, 0.29) is 5.82 Å². The smallest absolute Gasteiger partial charge is 0.125 e. The Hall–Kier alpha value is -1.05. The van der Waals surface area contributed by atoms with Crippen LogP contribution in [-0.4, -0.2) is 0 Å². The van der Waals surface area contributed by atoms with E-state index in [1.165, 1.54) is 18.9 Å². The van der Waals surface area contributed by atoms with Crippen LogP contribution in [0.1, 0.15) is 51.0 Å². The zero-order valence-electron chi connectivity index (χ0n) is 9.59. The van der Waals surface area contributed by atoms with Crippen molar-refractivity contribution in [3.63, 3.8) is 0 Å². The molecule has 1 atom stereocenters. The molecular formula is C13H20FN. The van der Waals surface area contributed by atoms with Crippen LogP contribution >= 0.6 is 0 Å². The lowest BCUT2D eigenvalue weighted by molar-refractivity contribution is 0.562. The Morgan fingerprint density at radius 3 is 2.53 bits per heavy atom. The molecule has 0 amide bonds. The summed E-state index contributed by atoms with van der Waals surface area (Å²) in [4.78, 5) is 0. The van der Waals surface area contributed by atoms with Gasteiger partial charge in [0.25, 0.3) is 0 Å². The summed E-state index contributed by atoms with van der Waals surface area (Å²) < 4.78 is 13.2. The number of unbranched alkanes of at least 4 members (excludes halogenated alkanes) is 1. The van der Waals surface area contributed by atoms with E-state index in [4.69, 9.17) is 5.73 Å². The van der Waals surface area contributed by atoms with E-state index in [0.717, 1.165) is 18.4 Å². The van der Waals surface area contributed by atoms with Crippen molar-refractivity contribution < 1.29 is 4.39 Å². The minimum Gasteiger partial charge on any atom is -0.399 e. The van der Waals surface area contributed by atoms with Crippen LogP contribution in [0.5, 0.6) is 0 Å². The average molecular weight is 209 g/mol. The van der Waals surface area contributed by atoms with Crippen LogP contribution < -0.4 is 5.73 Å². The molecule has 0 aromatic heterocycles. The summed E-state index contributed by atoms with van der Waals surface area (Å²) in [5.41, 5.74) is 7.21. The second-order valence-corrected chi connectivity index (χ2v) is 4.07. The molecule has 0 bridgehead atoms. The number of hydrogen-bond acceptors (Lipinski definition) is 1. The van der Waals surface area contributed by atoms with Crippen LogP contribution in [0.4, 0.5) is 10.1 Å². The van der Waals surface area contributed by atoms with Gasteiger partial charge in [-0.1, -0.05) is 26.7 Å². The fourth-order valence-electron chi connectivity index (χ4n) is 1.93. The summed E-state index contributed by atoms with van der Waals surface area (Å²) in [6.07, 6.45) is 4.54. The first-order valence-electron chi connectivity index (χ1n) is 5.73. The lowest BCUT2D eigenvalue weighted by atomic mass is 9.91. The Morgan fingerprint density at radius 2 is 2.00 bits per heavy atom. The first-order valence-corrected chi connectivity index (χ1v) is 5.73. The Morgan fingerprint density at radius 1 is 1.27 bits per heavy atom. The van der Waals surface area contributed by atoms with Gasteiger partial charge in [0.2, 0.25) is 0 Å². The molecule has 1 aromatic rings. The molecular weight excluding hydrogens is 189 g/mol. The highest BCUT2D eigenvalue weighted by Crippen LogP contribution is 2.27. The van der Waals surface area contributed by atoms with E-state index in [9.17, 15) is 4.39 Å². The predicted octanol–water partition coefficient (Wildman–Crippen LogP) is 4.09. The maximum absolute atomic E-state index is 13.2. The van der Waals surface area contributed by atoms with E-state index in [1.54, 1.807) is 6.07 Å². The van der Waals surface area contributed by atoms with Gasteiger partial charge in [-0.25, -0.2) is 4.39 Å². The number of benzene rings is 1. The highest BCUT2D eigenvalue weighted by atomic mass is 19.1. The maximum Gasteiger partial charge on any atom is 0.125 e. The largest absolute Gasteiger partial charge is 0.399 e. The van der Waals surface area contributed by atoms with Gasteiger partial charge >= 0.3 is 0 Å². The SMILES string of the molecule is CCCCC(CC)c1cc(N)cc(F)c1. The standard InChI is InChI=1S/C13H20FN/c1-3-5-6-10(4-2)11-7-12(14)9-13(15)8-11/h7-10H,3-6,15H2,1-2H3. The molecule has 0 spiro atoms. The Kier molecular flexibility index (Phi) is 4.60. The first-order chi connectivity index (χ1) is 7.17. The zero-order valence-corrected chi connectivity index (χ0v) is 9.59. The Bertz CT molecular complexity index is 289. The third-order valence-electron chi connectivity index (χ3n) is 2.81. The van der Waals surface area contributed by atoms with Crippen LogP contribution in [0, 0.1) is 5.82 Å². The van der Waals surface area contributed by atoms with E-state index in [2.05, 4.69) is 13.8 Å². The second-order valence-electron chi connectivity index (χ2n) is 4.07. The third kappa shape index (κ3) is 3.54. The summed E-state index contributed by atoms with van der Waals surface area (Å²) >= 11 is 0. The van der Waals surface area contributed by atoms with Crippen molar-refractivity contribution in [3.8, 4) is 0 Å². The van der Waals surface area contributed by atoms with E-state index < -0.39 is 0 Å². The predicted molar refractivity (Wildman–Crippen MR) is 63.4 cm³/mol. The minimum absolute atomic E-state index is 0.222. The van der Waals surface area contributed by atoms with Gasteiger partial charge in [-0.2, -0.15) is 0 Å². The normalized spacial score (nSPS) is 12.7. The van der Waals surface area contributed by atoms with Crippen molar-refractivity contribution in [2.24, 2.45) is 0 Å². The quantitative estimate of drug-likeness (QED) is 0.726. The zero-order chi connectivity index (χ0) is 11.3. The van der Waals surface area contributed by atoms with Crippen molar-refractivity contribution in [1.29, 1.82) is 0 Å². The van der Waals surface area contributed by atoms with Gasteiger partial charge in [-0.05, 0) is 42.5 Å². The fraction of sp³-hybridized carbons (Fsp3) is 0.538. The first kappa shape index (κ1) is 12.0. The molecule has 0 aliphatic carbocycles. The Balaban J connectivity index is 2.81. The van der Waals surface area contributed by atoms with E-state index in [0.29, 0.717) is 11.6 Å². The summed E-state index contributed by atoms with van der Waals surface area (Å²) in [5.74, 6) is 0.225. The molecule has 1 rings (SSSR count). The molecule has 15 heavy (non-hydrogen) atoms. The number of hydrogen-bond donors (Lipinski definition) is 1. The fourth-order valence-corrected chi connectivity index (χ4v) is 1.93. The van der Waals surface area contributed by atoms with Crippen LogP contribution in [0.25, 0.3) is 0 Å². The molecule has 0 saturated heterocycles. The molecule has 84 valence electrons.